The summed E-state index contributed by atoms with van der Waals surface area (Å²) in [6, 6.07) is 7.27. The lowest BCUT2D eigenvalue weighted by atomic mass is 9.92. The molecule has 1 atom stereocenters. The smallest absolute Gasteiger partial charge is 0.322 e. The number of carbonyl (C=O) groups excluding carboxylic acids is 3. The maximum absolute atomic E-state index is 12.1. The molecule has 122 valence electrons. The van der Waals surface area contributed by atoms with Gasteiger partial charge in [0.15, 0.2) is 0 Å². The van der Waals surface area contributed by atoms with E-state index in [4.69, 9.17) is 0 Å². The maximum Gasteiger partial charge on any atom is 0.322 e. The van der Waals surface area contributed by atoms with Crippen LogP contribution in [0.25, 0.3) is 0 Å². The van der Waals surface area contributed by atoms with E-state index in [0.29, 0.717) is 11.3 Å². The fourth-order valence-corrected chi connectivity index (χ4v) is 2.39. The van der Waals surface area contributed by atoms with Crippen molar-refractivity contribution in [2.45, 2.75) is 12.5 Å². The lowest BCUT2D eigenvalue weighted by Crippen LogP contribution is -2.40. The van der Waals surface area contributed by atoms with Crippen molar-refractivity contribution >= 4 is 23.5 Å². The molecule has 1 aromatic carbocycles. The van der Waals surface area contributed by atoms with Gasteiger partial charge >= 0.3 is 6.03 Å². The van der Waals surface area contributed by atoms with Crippen LogP contribution in [0.1, 0.15) is 22.8 Å². The van der Waals surface area contributed by atoms with Gasteiger partial charge < -0.3 is 15.7 Å². The molecule has 1 saturated heterocycles. The lowest BCUT2D eigenvalue weighted by molar-refractivity contribution is -0.123. The van der Waals surface area contributed by atoms with E-state index < -0.39 is 23.4 Å². The Bertz CT molecular complexity index is 834. The van der Waals surface area contributed by atoms with Gasteiger partial charge in [0.05, 0.1) is 11.8 Å². The van der Waals surface area contributed by atoms with Gasteiger partial charge in [-0.1, -0.05) is 12.1 Å². The zero-order valence-corrected chi connectivity index (χ0v) is 12.7. The molecule has 0 saturated carbocycles. The van der Waals surface area contributed by atoms with Crippen molar-refractivity contribution in [2.75, 3.05) is 5.32 Å². The second-order valence-corrected chi connectivity index (χ2v) is 5.50. The predicted molar refractivity (Wildman–Crippen MR) is 84.3 cm³/mol. The third kappa shape index (κ3) is 2.76. The fraction of sp³-hybridized carbons (Fsp3) is 0.125. The Balaban J connectivity index is 1.77. The van der Waals surface area contributed by atoms with Crippen LogP contribution >= 0.6 is 0 Å². The molecular formula is C16H14N4O4. The highest BCUT2D eigenvalue weighted by molar-refractivity contribution is 6.07. The largest absolute Gasteiger partial charge is 0.506 e. The van der Waals surface area contributed by atoms with Gasteiger partial charge in [-0.25, -0.2) is 4.79 Å². The van der Waals surface area contributed by atoms with Crippen LogP contribution in [0.5, 0.6) is 5.75 Å². The summed E-state index contributed by atoms with van der Waals surface area (Å²) in [6.07, 6.45) is 2.57. The van der Waals surface area contributed by atoms with Crippen molar-refractivity contribution in [2.24, 2.45) is 0 Å². The summed E-state index contributed by atoms with van der Waals surface area (Å²) in [7, 11) is 0. The highest BCUT2D eigenvalue weighted by atomic mass is 16.3. The SMILES string of the molecule is C[C@]1(c2ccc(NC(=O)c3cncc(O)c3)cc2)NC(=O)NC1=O. The monoisotopic (exact) mass is 326 g/mol. The van der Waals surface area contributed by atoms with Gasteiger partial charge in [0.1, 0.15) is 11.3 Å². The van der Waals surface area contributed by atoms with E-state index in [2.05, 4.69) is 20.9 Å². The van der Waals surface area contributed by atoms with Gasteiger partial charge in [0, 0.05) is 11.9 Å². The Labute approximate surface area is 136 Å². The standard InChI is InChI=1S/C16H14N4O4/c1-16(14(23)19-15(24)20-16)10-2-4-11(5-3-10)18-13(22)9-6-12(21)8-17-7-9/h2-8,21H,1H3,(H,18,22)(H2,19,20,23,24)/t16-/m1/s1. The first kappa shape index (κ1) is 15.5. The minimum atomic E-state index is -1.14. The Hall–Kier alpha value is -3.42. The molecule has 2 aromatic rings. The molecule has 2 heterocycles. The predicted octanol–water partition coefficient (Wildman–Crippen LogP) is 1.09. The molecule has 1 aliphatic heterocycles. The number of aromatic hydroxyl groups is 1. The van der Waals surface area contributed by atoms with Crippen molar-refractivity contribution in [3.63, 3.8) is 0 Å². The minimum absolute atomic E-state index is 0.103. The molecule has 1 aromatic heterocycles. The van der Waals surface area contributed by atoms with Crippen LogP contribution < -0.4 is 16.0 Å². The Morgan fingerprint density at radius 3 is 2.50 bits per heavy atom. The van der Waals surface area contributed by atoms with E-state index in [0.717, 1.165) is 0 Å². The van der Waals surface area contributed by atoms with Crippen molar-refractivity contribution in [3.05, 3.63) is 53.9 Å². The molecule has 8 nitrogen and oxygen atoms in total. The van der Waals surface area contributed by atoms with E-state index in [-0.39, 0.29) is 11.3 Å². The number of aromatic nitrogens is 1. The zero-order valence-electron chi connectivity index (χ0n) is 12.7. The van der Waals surface area contributed by atoms with Crippen molar-refractivity contribution in [1.29, 1.82) is 0 Å². The van der Waals surface area contributed by atoms with Crippen LogP contribution in [0, 0.1) is 0 Å². The first-order valence-electron chi connectivity index (χ1n) is 7.08. The molecule has 0 radical (unpaired) electrons. The molecule has 0 aliphatic carbocycles. The van der Waals surface area contributed by atoms with Gasteiger partial charge in [0.25, 0.3) is 11.8 Å². The number of amides is 4. The summed E-state index contributed by atoms with van der Waals surface area (Å²) in [6.45, 7) is 1.60. The maximum atomic E-state index is 12.1. The van der Waals surface area contributed by atoms with Crippen molar-refractivity contribution in [1.82, 2.24) is 15.6 Å². The number of nitrogens with zero attached hydrogens (tertiary/aromatic N) is 1. The van der Waals surface area contributed by atoms with Gasteiger partial charge in [-0.05, 0) is 30.7 Å². The molecule has 4 N–H and O–H groups in total. The summed E-state index contributed by atoms with van der Waals surface area (Å²) in [5, 5.41) is 16.8. The molecule has 8 heteroatoms. The number of anilines is 1. The highest BCUT2D eigenvalue weighted by Crippen LogP contribution is 2.25. The van der Waals surface area contributed by atoms with E-state index in [9.17, 15) is 19.5 Å². The molecule has 0 unspecified atom stereocenters. The Kier molecular flexibility index (Phi) is 3.64. The summed E-state index contributed by atoms with van der Waals surface area (Å²) in [5.74, 6) is -0.965. The summed E-state index contributed by atoms with van der Waals surface area (Å²) in [5.41, 5.74) is 0.158. The third-order valence-corrected chi connectivity index (χ3v) is 3.75. The quantitative estimate of drug-likeness (QED) is 0.629. The molecule has 24 heavy (non-hydrogen) atoms. The topological polar surface area (TPSA) is 120 Å². The van der Waals surface area contributed by atoms with Crippen LogP contribution in [0.4, 0.5) is 10.5 Å². The van der Waals surface area contributed by atoms with E-state index >= 15 is 0 Å². The normalized spacial score (nSPS) is 19.5. The van der Waals surface area contributed by atoms with Gasteiger partial charge in [-0.15, -0.1) is 0 Å². The molecule has 4 amide bonds. The van der Waals surface area contributed by atoms with Crippen LogP contribution in [-0.2, 0) is 10.3 Å². The number of hydrogen-bond donors (Lipinski definition) is 4. The highest BCUT2D eigenvalue weighted by Gasteiger charge is 2.43. The Morgan fingerprint density at radius 1 is 1.21 bits per heavy atom. The Morgan fingerprint density at radius 2 is 1.92 bits per heavy atom. The summed E-state index contributed by atoms with van der Waals surface area (Å²) in [4.78, 5) is 39.0. The molecule has 0 spiro atoms. The number of carbonyl (C=O) groups is 3. The molecule has 1 aliphatic rings. The first-order valence-corrected chi connectivity index (χ1v) is 7.08. The summed E-state index contributed by atoms with van der Waals surface area (Å²) < 4.78 is 0. The van der Waals surface area contributed by atoms with E-state index in [1.807, 2.05) is 0 Å². The summed E-state index contributed by atoms with van der Waals surface area (Å²) >= 11 is 0. The lowest BCUT2D eigenvalue weighted by Gasteiger charge is -2.21. The molecule has 0 bridgehead atoms. The molecule has 3 rings (SSSR count). The third-order valence-electron chi connectivity index (χ3n) is 3.75. The van der Waals surface area contributed by atoms with Gasteiger partial charge in [0.2, 0.25) is 0 Å². The van der Waals surface area contributed by atoms with Crippen molar-refractivity contribution in [3.8, 4) is 5.75 Å². The number of benzene rings is 1. The van der Waals surface area contributed by atoms with Crippen LogP contribution in [0.2, 0.25) is 0 Å². The van der Waals surface area contributed by atoms with Crippen LogP contribution in [0.3, 0.4) is 0 Å². The number of pyridine rings is 1. The number of imide groups is 1. The van der Waals surface area contributed by atoms with Crippen molar-refractivity contribution < 1.29 is 19.5 Å². The number of rotatable bonds is 3. The molecular weight excluding hydrogens is 312 g/mol. The average molecular weight is 326 g/mol. The second-order valence-electron chi connectivity index (χ2n) is 5.50. The number of nitrogens with one attached hydrogen (secondary N) is 3. The average Bonchev–Trinajstić information content (AvgIpc) is 2.81. The molecule has 1 fully saturated rings. The zero-order chi connectivity index (χ0) is 17.3. The van der Waals surface area contributed by atoms with Crippen LogP contribution in [0.15, 0.2) is 42.7 Å². The van der Waals surface area contributed by atoms with Gasteiger partial charge in [-0.3, -0.25) is 19.9 Å². The van der Waals surface area contributed by atoms with Crippen LogP contribution in [-0.4, -0.2) is 27.9 Å². The second kappa shape index (κ2) is 5.65. The van der Waals surface area contributed by atoms with E-state index in [1.54, 1.807) is 31.2 Å². The minimum Gasteiger partial charge on any atom is -0.506 e. The van der Waals surface area contributed by atoms with E-state index in [1.165, 1.54) is 18.5 Å². The van der Waals surface area contributed by atoms with Gasteiger partial charge in [-0.2, -0.15) is 0 Å². The first-order chi connectivity index (χ1) is 11.4. The fourth-order valence-electron chi connectivity index (χ4n) is 2.39. The number of hydrogen-bond acceptors (Lipinski definition) is 5. The number of urea groups is 1.